The molecule has 0 spiro atoms. The molecule has 0 amide bonds. The molecule has 3 aromatic rings. The zero-order valence-corrected chi connectivity index (χ0v) is 10.1. The van der Waals surface area contributed by atoms with E-state index < -0.39 is 0 Å². The SMILES string of the molecule is COCC[NH2+]c1ncnc2c1oc1ccccc12. The second-order valence-electron chi connectivity index (χ2n) is 4.02. The first-order chi connectivity index (χ1) is 8.90. The van der Waals surface area contributed by atoms with Gasteiger partial charge in [0.1, 0.15) is 24.0 Å². The molecule has 2 N–H and O–H groups in total. The molecule has 0 radical (unpaired) electrons. The smallest absolute Gasteiger partial charge is 0.271 e. The highest BCUT2D eigenvalue weighted by Gasteiger charge is 2.14. The fraction of sp³-hybridized carbons (Fsp3) is 0.231. The van der Waals surface area contributed by atoms with E-state index in [1.165, 1.54) is 0 Å². The van der Waals surface area contributed by atoms with Gasteiger partial charge in [-0.1, -0.05) is 12.1 Å². The maximum atomic E-state index is 5.82. The van der Waals surface area contributed by atoms with Crippen molar-refractivity contribution >= 4 is 27.9 Å². The Labute approximate surface area is 104 Å². The molecule has 0 fully saturated rings. The molecule has 18 heavy (non-hydrogen) atoms. The lowest BCUT2D eigenvalue weighted by Gasteiger charge is -1.98. The van der Waals surface area contributed by atoms with Gasteiger partial charge in [0.2, 0.25) is 5.58 Å². The van der Waals surface area contributed by atoms with Crippen molar-refractivity contribution in [3.8, 4) is 0 Å². The number of hydrogen-bond donors (Lipinski definition) is 1. The number of nitrogens with two attached hydrogens (primary N) is 1. The lowest BCUT2D eigenvalue weighted by Crippen LogP contribution is -2.79. The van der Waals surface area contributed by atoms with E-state index in [9.17, 15) is 0 Å². The summed E-state index contributed by atoms with van der Waals surface area (Å²) in [6, 6.07) is 7.88. The van der Waals surface area contributed by atoms with Crippen LogP contribution in [0.25, 0.3) is 22.1 Å². The molecule has 5 nitrogen and oxygen atoms in total. The molecule has 5 heteroatoms. The number of quaternary nitrogens is 1. The van der Waals surface area contributed by atoms with Crippen LogP contribution < -0.4 is 5.32 Å². The van der Waals surface area contributed by atoms with Crippen molar-refractivity contribution in [3.05, 3.63) is 30.6 Å². The standard InChI is InChI=1S/C13H13N3O2/c1-17-7-6-14-13-12-11(15-8-16-13)9-4-2-3-5-10(9)18-12/h2-5,8H,6-7H2,1H3,(H,14,15,16)/p+1. The molecule has 0 aliphatic carbocycles. The molecule has 1 aromatic carbocycles. The lowest BCUT2D eigenvalue weighted by atomic mass is 10.2. The van der Waals surface area contributed by atoms with E-state index in [0.717, 1.165) is 34.4 Å². The Morgan fingerprint density at radius 2 is 2.17 bits per heavy atom. The summed E-state index contributed by atoms with van der Waals surface area (Å²) in [5.41, 5.74) is 2.45. The summed E-state index contributed by atoms with van der Waals surface area (Å²) in [6.45, 7) is 1.48. The van der Waals surface area contributed by atoms with Gasteiger partial charge in [-0.3, -0.25) is 5.32 Å². The summed E-state index contributed by atoms with van der Waals surface area (Å²) >= 11 is 0. The van der Waals surface area contributed by atoms with Crippen molar-refractivity contribution in [2.75, 3.05) is 20.3 Å². The Hall–Kier alpha value is -1.98. The third-order valence-corrected chi connectivity index (χ3v) is 2.85. The molecular formula is C13H14N3O2+. The quantitative estimate of drug-likeness (QED) is 0.701. The molecule has 3 rings (SSSR count). The number of rotatable bonds is 4. The van der Waals surface area contributed by atoms with E-state index in [0.29, 0.717) is 6.61 Å². The zero-order chi connectivity index (χ0) is 12.4. The van der Waals surface area contributed by atoms with Crippen LogP contribution in [0.15, 0.2) is 35.0 Å². The third-order valence-electron chi connectivity index (χ3n) is 2.85. The minimum atomic E-state index is 0.672. The van der Waals surface area contributed by atoms with Crippen LogP contribution in [0.4, 0.5) is 5.82 Å². The largest absolute Gasteiger partial charge is 0.446 e. The number of furan rings is 1. The Morgan fingerprint density at radius 3 is 3.06 bits per heavy atom. The second kappa shape index (κ2) is 4.72. The van der Waals surface area contributed by atoms with Gasteiger partial charge in [-0.2, -0.15) is 4.98 Å². The number of ether oxygens (including phenoxy) is 1. The van der Waals surface area contributed by atoms with Crippen molar-refractivity contribution in [1.29, 1.82) is 0 Å². The molecule has 0 saturated carbocycles. The molecule has 0 aliphatic heterocycles. The van der Waals surface area contributed by atoms with Gasteiger partial charge in [-0.05, 0) is 12.1 Å². The summed E-state index contributed by atoms with van der Waals surface area (Å²) in [4.78, 5) is 8.56. The van der Waals surface area contributed by atoms with Crippen molar-refractivity contribution in [3.63, 3.8) is 0 Å². The molecule has 0 bridgehead atoms. The van der Waals surface area contributed by atoms with E-state index in [2.05, 4.69) is 9.97 Å². The topological polar surface area (TPSA) is 64.8 Å². The van der Waals surface area contributed by atoms with Crippen LogP contribution in [0.2, 0.25) is 0 Å². The highest BCUT2D eigenvalue weighted by molar-refractivity contribution is 6.04. The minimum absolute atomic E-state index is 0.672. The highest BCUT2D eigenvalue weighted by atomic mass is 16.5. The van der Waals surface area contributed by atoms with Crippen LogP contribution in [-0.2, 0) is 4.74 Å². The highest BCUT2D eigenvalue weighted by Crippen LogP contribution is 2.28. The normalized spacial score (nSPS) is 11.4. The van der Waals surface area contributed by atoms with Gasteiger partial charge in [0.15, 0.2) is 0 Å². The van der Waals surface area contributed by atoms with Crippen LogP contribution in [-0.4, -0.2) is 30.2 Å². The van der Waals surface area contributed by atoms with Gasteiger partial charge in [0.25, 0.3) is 5.82 Å². The fourth-order valence-corrected chi connectivity index (χ4v) is 2.00. The summed E-state index contributed by atoms with van der Waals surface area (Å²) in [5, 5.41) is 3.03. The second-order valence-corrected chi connectivity index (χ2v) is 4.02. The minimum Gasteiger partial charge on any atom is -0.446 e. The maximum absolute atomic E-state index is 5.82. The van der Waals surface area contributed by atoms with E-state index in [4.69, 9.17) is 9.15 Å². The molecule has 0 atom stereocenters. The number of para-hydroxylation sites is 1. The van der Waals surface area contributed by atoms with Gasteiger partial charge in [0.05, 0.1) is 6.61 Å². The fourth-order valence-electron chi connectivity index (χ4n) is 2.00. The number of hydrogen-bond acceptors (Lipinski definition) is 4. The van der Waals surface area contributed by atoms with Crippen LogP contribution in [0.5, 0.6) is 0 Å². The van der Waals surface area contributed by atoms with E-state index >= 15 is 0 Å². The Balaban J connectivity index is 2.09. The van der Waals surface area contributed by atoms with Gasteiger partial charge < -0.3 is 9.15 Å². The molecule has 0 saturated heterocycles. The van der Waals surface area contributed by atoms with Gasteiger partial charge in [0, 0.05) is 12.5 Å². The van der Waals surface area contributed by atoms with Crippen LogP contribution in [0.1, 0.15) is 0 Å². The Bertz CT molecular complexity index is 678. The third kappa shape index (κ3) is 1.83. The Kier molecular flexibility index (Phi) is 2.92. The van der Waals surface area contributed by atoms with Crippen LogP contribution in [0.3, 0.4) is 0 Å². The van der Waals surface area contributed by atoms with Crippen LogP contribution >= 0.6 is 0 Å². The monoisotopic (exact) mass is 244 g/mol. The average Bonchev–Trinajstić information content (AvgIpc) is 2.79. The predicted octanol–water partition coefficient (Wildman–Crippen LogP) is 1.22. The number of nitrogens with zero attached hydrogens (tertiary/aromatic N) is 2. The summed E-state index contributed by atoms with van der Waals surface area (Å²) in [5.74, 6) is 0.827. The molecule has 92 valence electrons. The summed E-state index contributed by atoms with van der Waals surface area (Å²) < 4.78 is 10.8. The first-order valence-corrected chi connectivity index (χ1v) is 5.84. The van der Waals surface area contributed by atoms with Gasteiger partial charge >= 0.3 is 0 Å². The Morgan fingerprint density at radius 1 is 1.28 bits per heavy atom. The van der Waals surface area contributed by atoms with Gasteiger partial charge in [-0.15, -0.1) is 0 Å². The van der Waals surface area contributed by atoms with Gasteiger partial charge in [-0.25, -0.2) is 4.98 Å². The molecule has 2 aromatic heterocycles. The van der Waals surface area contributed by atoms with Crippen LogP contribution in [0, 0.1) is 0 Å². The summed E-state index contributed by atoms with van der Waals surface area (Å²) in [6.07, 6.45) is 1.57. The molecular weight excluding hydrogens is 230 g/mol. The number of aromatic nitrogens is 2. The van der Waals surface area contributed by atoms with E-state index in [-0.39, 0.29) is 0 Å². The zero-order valence-electron chi connectivity index (χ0n) is 10.1. The maximum Gasteiger partial charge on any atom is 0.271 e. The van der Waals surface area contributed by atoms with Crippen molar-refractivity contribution in [2.45, 2.75) is 0 Å². The first-order valence-electron chi connectivity index (χ1n) is 5.84. The molecule has 0 unspecified atom stereocenters. The molecule has 2 heterocycles. The summed E-state index contributed by atoms with van der Waals surface area (Å²) in [7, 11) is 1.69. The van der Waals surface area contributed by atoms with Crippen molar-refractivity contribution in [2.24, 2.45) is 0 Å². The predicted molar refractivity (Wildman–Crippen MR) is 67.6 cm³/mol. The lowest BCUT2D eigenvalue weighted by molar-refractivity contribution is -0.576. The number of benzene rings is 1. The number of fused-ring (bicyclic) bond motifs is 3. The molecule has 0 aliphatic rings. The van der Waals surface area contributed by atoms with E-state index in [1.807, 2.05) is 29.6 Å². The first kappa shape index (κ1) is 11.1. The number of methoxy groups -OCH3 is 1. The van der Waals surface area contributed by atoms with Crippen molar-refractivity contribution < 1.29 is 14.5 Å². The average molecular weight is 244 g/mol. The van der Waals surface area contributed by atoms with E-state index in [1.54, 1.807) is 13.4 Å². The van der Waals surface area contributed by atoms with Crippen molar-refractivity contribution in [1.82, 2.24) is 9.97 Å².